The van der Waals surface area contributed by atoms with E-state index in [0.717, 1.165) is 0 Å². The quantitative estimate of drug-likeness (QED) is 0.391. The van der Waals surface area contributed by atoms with Crippen LogP contribution in [0.2, 0.25) is 0 Å². The van der Waals surface area contributed by atoms with Crippen LogP contribution in [0.15, 0.2) is 11.7 Å². The Kier molecular flexibility index (Phi) is 3.82. The summed E-state index contributed by atoms with van der Waals surface area (Å²) in [5.41, 5.74) is -8.62. The summed E-state index contributed by atoms with van der Waals surface area (Å²) >= 11 is 19.5. The lowest BCUT2D eigenvalue weighted by atomic mass is 9.98. The fourth-order valence-electron chi connectivity index (χ4n) is 1.53. The van der Waals surface area contributed by atoms with E-state index < -0.39 is 38.1 Å². The SMILES string of the molecule is FC(F)=C1C(F)(F)C(F)(C(F)(F)F)C(Cl)(Cl)C1(Cl)Cl. The highest BCUT2D eigenvalue weighted by Crippen LogP contribution is 2.73. The molecule has 0 amide bonds. The zero-order chi connectivity index (χ0) is 15.7. The molecule has 1 fully saturated rings. The van der Waals surface area contributed by atoms with E-state index in [1.165, 1.54) is 0 Å². The van der Waals surface area contributed by atoms with Crippen molar-refractivity contribution in [2.75, 3.05) is 0 Å². The van der Waals surface area contributed by atoms with Crippen molar-refractivity contribution in [3.05, 3.63) is 11.7 Å². The molecule has 0 N–H and O–H groups in total. The lowest BCUT2D eigenvalue weighted by Gasteiger charge is -2.36. The third kappa shape index (κ3) is 1.79. The fourth-order valence-corrected chi connectivity index (χ4v) is 2.81. The van der Waals surface area contributed by atoms with Crippen molar-refractivity contribution >= 4 is 46.4 Å². The maximum Gasteiger partial charge on any atom is 0.432 e. The van der Waals surface area contributed by atoms with Crippen LogP contribution in [0.4, 0.5) is 35.1 Å². The minimum atomic E-state index is -6.41. The maximum absolute atomic E-state index is 13.8. The molecule has 12 heteroatoms. The summed E-state index contributed by atoms with van der Waals surface area (Å²) in [5.74, 6) is -5.85. The molecule has 1 rings (SSSR count). The molecule has 0 aromatic heterocycles. The van der Waals surface area contributed by atoms with E-state index in [9.17, 15) is 35.1 Å². The van der Waals surface area contributed by atoms with E-state index in [4.69, 9.17) is 46.4 Å². The number of hydrogen-bond donors (Lipinski definition) is 0. The van der Waals surface area contributed by atoms with E-state index in [1.54, 1.807) is 0 Å². The standard InChI is InChI=1S/C7Cl4F8/c8-3(9)1(2(12)13)4(14,15)5(16,6(3,10)11)7(17,18)19. The second-order valence-electron chi connectivity index (χ2n) is 3.51. The van der Waals surface area contributed by atoms with Crippen molar-refractivity contribution in [1.29, 1.82) is 0 Å². The van der Waals surface area contributed by atoms with Crippen LogP contribution in [0.25, 0.3) is 0 Å². The third-order valence-electron chi connectivity index (χ3n) is 2.47. The summed E-state index contributed by atoms with van der Waals surface area (Å²) in [4.78, 5) is 0. The second-order valence-corrected chi connectivity index (χ2v) is 6.17. The van der Waals surface area contributed by atoms with Gasteiger partial charge in [-0.1, -0.05) is 46.4 Å². The van der Waals surface area contributed by atoms with Crippen molar-refractivity contribution in [1.82, 2.24) is 0 Å². The molecular formula is C7Cl4F8. The lowest BCUT2D eigenvalue weighted by Crippen LogP contribution is -2.62. The first-order chi connectivity index (χ1) is 8.07. The van der Waals surface area contributed by atoms with Crippen LogP contribution in [0.1, 0.15) is 0 Å². The van der Waals surface area contributed by atoms with Gasteiger partial charge in [-0.25, -0.2) is 4.39 Å². The highest BCUT2D eigenvalue weighted by molar-refractivity contribution is 6.65. The Morgan fingerprint density at radius 3 is 1.42 bits per heavy atom. The number of halogens is 12. The monoisotopic (exact) mass is 376 g/mol. The Hall–Kier alpha value is 0.340. The summed E-state index contributed by atoms with van der Waals surface area (Å²) in [5, 5.41) is 0. The first-order valence-electron chi connectivity index (χ1n) is 4.02. The van der Waals surface area contributed by atoms with Crippen molar-refractivity contribution < 1.29 is 35.1 Å². The zero-order valence-electron chi connectivity index (χ0n) is 8.04. The number of rotatable bonds is 0. The summed E-state index contributed by atoms with van der Waals surface area (Å²) in [6, 6.07) is 0. The van der Waals surface area contributed by atoms with E-state index in [-0.39, 0.29) is 0 Å². The van der Waals surface area contributed by atoms with Crippen LogP contribution in [-0.2, 0) is 0 Å². The van der Waals surface area contributed by atoms with Crippen molar-refractivity contribution in [3.63, 3.8) is 0 Å². The number of allylic oxidation sites excluding steroid dienone is 1. The van der Waals surface area contributed by atoms with Gasteiger partial charge in [0.15, 0.2) is 4.33 Å². The highest BCUT2D eigenvalue weighted by Gasteiger charge is 2.93. The van der Waals surface area contributed by atoms with E-state index in [0.29, 0.717) is 0 Å². The minimum absolute atomic E-state index is 2.83. The Labute approximate surface area is 120 Å². The van der Waals surface area contributed by atoms with E-state index >= 15 is 0 Å². The van der Waals surface area contributed by atoms with Crippen LogP contribution < -0.4 is 0 Å². The van der Waals surface area contributed by atoms with E-state index in [2.05, 4.69) is 0 Å². The molecule has 0 aliphatic heterocycles. The molecule has 0 nitrogen and oxygen atoms in total. The predicted molar refractivity (Wildman–Crippen MR) is 53.0 cm³/mol. The topological polar surface area (TPSA) is 0 Å². The van der Waals surface area contributed by atoms with Gasteiger partial charge in [0.25, 0.3) is 6.08 Å². The summed E-state index contributed by atoms with van der Waals surface area (Å²) < 4.78 is 94.8. The molecule has 0 spiro atoms. The molecule has 112 valence electrons. The van der Waals surface area contributed by atoms with E-state index in [1.807, 2.05) is 0 Å². The van der Waals surface area contributed by atoms with Gasteiger partial charge in [0, 0.05) is 0 Å². The first-order valence-corrected chi connectivity index (χ1v) is 5.53. The third-order valence-corrected chi connectivity index (χ3v) is 4.89. The minimum Gasteiger partial charge on any atom is -0.223 e. The molecule has 1 saturated carbocycles. The Morgan fingerprint density at radius 2 is 1.26 bits per heavy atom. The summed E-state index contributed by atoms with van der Waals surface area (Å²) in [6.07, 6.45) is -9.82. The molecule has 0 aromatic rings. The van der Waals surface area contributed by atoms with Crippen LogP contribution >= 0.6 is 46.4 Å². The largest absolute Gasteiger partial charge is 0.432 e. The highest BCUT2D eigenvalue weighted by atomic mass is 35.5. The molecule has 0 bridgehead atoms. The van der Waals surface area contributed by atoms with Crippen molar-refractivity contribution in [2.45, 2.75) is 26.4 Å². The lowest BCUT2D eigenvalue weighted by molar-refractivity contribution is -0.285. The van der Waals surface area contributed by atoms with Crippen molar-refractivity contribution in [3.8, 4) is 0 Å². The molecule has 1 atom stereocenters. The predicted octanol–water partition coefficient (Wildman–Crippen LogP) is 5.40. The van der Waals surface area contributed by atoms with Gasteiger partial charge in [0.05, 0.1) is 0 Å². The molecular weight excluding hydrogens is 378 g/mol. The molecule has 0 radical (unpaired) electrons. The first kappa shape index (κ1) is 17.4. The molecule has 0 heterocycles. The van der Waals surface area contributed by atoms with Crippen LogP contribution in [0.5, 0.6) is 0 Å². The molecule has 1 aliphatic rings. The molecule has 1 unspecified atom stereocenters. The Balaban J connectivity index is 3.85. The van der Waals surface area contributed by atoms with Gasteiger partial charge in [-0.2, -0.15) is 30.7 Å². The van der Waals surface area contributed by atoms with Crippen LogP contribution in [0.3, 0.4) is 0 Å². The van der Waals surface area contributed by atoms with Crippen LogP contribution in [-0.4, -0.2) is 26.4 Å². The fraction of sp³-hybridized carbons (Fsp3) is 0.714. The number of hydrogen-bond acceptors (Lipinski definition) is 0. The summed E-state index contributed by atoms with van der Waals surface area (Å²) in [7, 11) is 0. The van der Waals surface area contributed by atoms with Gasteiger partial charge < -0.3 is 0 Å². The van der Waals surface area contributed by atoms with Gasteiger partial charge >= 0.3 is 17.8 Å². The smallest absolute Gasteiger partial charge is 0.223 e. The van der Waals surface area contributed by atoms with Gasteiger partial charge in [-0.15, -0.1) is 0 Å². The Bertz CT molecular complexity index is 435. The van der Waals surface area contributed by atoms with Gasteiger partial charge in [0.1, 0.15) is 5.57 Å². The second kappa shape index (κ2) is 4.18. The Morgan fingerprint density at radius 1 is 0.895 bits per heavy atom. The van der Waals surface area contributed by atoms with Gasteiger partial charge in [0.2, 0.25) is 4.33 Å². The molecule has 1 aliphatic carbocycles. The van der Waals surface area contributed by atoms with Crippen molar-refractivity contribution in [2.24, 2.45) is 0 Å². The van der Waals surface area contributed by atoms with Crippen LogP contribution in [0, 0.1) is 0 Å². The average molecular weight is 378 g/mol. The van der Waals surface area contributed by atoms with Gasteiger partial charge in [-0.3, -0.25) is 0 Å². The normalized spacial score (nSPS) is 32.5. The maximum atomic E-state index is 13.8. The zero-order valence-corrected chi connectivity index (χ0v) is 11.1. The molecule has 19 heavy (non-hydrogen) atoms. The van der Waals surface area contributed by atoms with Gasteiger partial charge in [-0.05, 0) is 0 Å². The number of alkyl halides is 10. The molecule has 0 saturated heterocycles. The summed E-state index contributed by atoms with van der Waals surface area (Å²) in [6.45, 7) is 0. The molecule has 0 aromatic carbocycles. The average Bonchev–Trinajstić information content (AvgIpc) is 2.18.